The largest absolute Gasteiger partial charge is 0.483 e. The third-order valence-electron chi connectivity index (χ3n) is 2.93. The Morgan fingerprint density at radius 2 is 2.06 bits per heavy atom. The molecule has 2 rings (SSSR count). The van der Waals surface area contributed by atoms with Gasteiger partial charge in [0.15, 0.2) is 11.6 Å². The van der Waals surface area contributed by atoms with Gasteiger partial charge in [0, 0.05) is 0 Å². The predicted octanol–water partition coefficient (Wildman–Crippen LogP) is 3.11. The molecular formula is C12H15BrFNO. The van der Waals surface area contributed by atoms with Crippen LogP contribution in [0.15, 0.2) is 22.7 Å². The Balaban J connectivity index is 2.19. The molecule has 0 atom stereocenters. The van der Waals surface area contributed by atoms with Crippen LogP contribution in [0.1, 0.15) is 19.8 Å². The summed E-state index contributed by atoms with van der Waals surface area (Å²) in [5, 5.41) is 3.27. The van der Waals surface area contributed by atoms with E-state index in [-0.39, 0.29) is 11.4 Å². The number of piperidine rings is 1. The second-order valence-electron chi connectivity index (χ2n) is 4.35. The van der Waals surface area contributed by atoms with Gasteiger partial charge in [0.25, 0.3) is 0 Å². The highest BCUT2D eigenvalue weighted by Crippen LogP contribution is 2.33. The second-order valence-corrected chi connectivity index (χ2v) is 5.21. The summed E-state index contributed by atoms with van der Waals surface area (Å²) in [4.78, 5) is 0. The van der Waals surface area contributed by atoms with Crippen molar-refractivity contribution in [3.05, 3.63) is 28.5 Å². The Kier molecular flexibility index (Phi) is 3.50. The van der Waals surface area contributed by atoms with Crippen molar-refractivity contribution in [3.63, 3.8) is 0 Å². The predicted molar refractivity (Wildman–Crippen MR) is 65.2 cm³/mol. The standard InChI is InChI=1S/C12H15BrFNO/c1-12(5-7-15-8-6-12)16-11-9(13)3-2-4-10(11)14/h2-4,15H,5-8H2,1H3. The van der Waals surface area contributed by atoms with Crippen LogP contribution in [0.25, 0.3) is 0 Å². The average molecular weight is 288 g/mol. The average Bonchev–Trinajstić information content (AvgIpc) is 2.25. The number of nitrogens with one attached hydrogen (secondary N) is 1. The number of halogens is 2. The van der Waals surface area contributed by atoms with E-state index in [4.69, 9.17) is 4.74 Å². The number of hydrogen-bond donors (Lipinski definition) is 1. The zero-order valence-electron chi connectivity index (χ0n) is 9.22. The molecule has 1 saturated heterocycles. The van der Waals surface area contributed by atoms with E-state index in [1.807, 2.05) is 6.92 Å². The first-order valence-electron chi connectivity index (χ1n) is 5.44. The highest BCUT2D eigenvalue weighted by molar-refractivity contribution is 9.10. The molecule has 1 aliphatic heterocycles. The smallest absolute Gasteiger partial charge is 0.169 e. The summed E-state index contributed by atoms with van der Waals surface area (Å²) in [5.41, 5.74) is -0.268. The van der Waals surface area contributed by atoms with Gasteiger partial charge in [-0.25, -0.2) is 4.39 Å². The van der Waals surface area contributed by atoms with Gasteiger partial charge in [-0.3, -0.25) is 0 Å². The van der Waals surface area contributed by atoms with E-state index in [1.165, 1.54) is 6.07 Å². The lowest BCUT2D eigenvalue weighted by Gasteiger charge is -2.35. The number of hydrogen-bond acceptors (Lipinski definition) is 2. The normalized spacial score (nSPS) is 19.4. The number of rotatable bonds is 2. The molecule has 1 N–H and O–H groups in total. The van der Waals surface area contributed by atoms with E-state index >= 15 is 0 Å². The zero-order chi connectivity index (χ0) is 11.6. The third kappa shape index (κ3) is 2.55. The topological polar surface area (TPSA) is 21.3 Å². The lowest BCUT2D eigenvalue weighted by Crippen LogP contribution is -2.44. The van der Waals surface area contributed by atoms with Crippen molar-refractivity contribution >= 4 is 15.9 Å². The fourth-order valence-corrected chi connectivity index (χ4v) is 2.31. The van der Waals surface area contributed by atoms with Crippen LogP contribution >= 0.6 is 15.9 Å². The third-order valence-corrected chi connectivity index (χ3v) is 3.55. The lowest BCUT2D eigenvalue weighted by molar-refractivity contribution is 0.0506. The summed E-state index contributed by atoms with van der Waals surface area (Å²) >= 11 is 3.32. The quantitative estimate of drug-likeness (QED) is 0.903. The number of para-hydroxylation sites is 1. The van der Waals surface area contributed by atoms with Crippen molar-refractivity contribution in [1.29, 1.82) is 0 Å². The van der Waals surface area contributed by atoms with Crippen LogP contribution in [0, 0.1) is 5.82 Å². The van der Waals surface area contributed by atoms with Gasteiger partial charge in [0.1, 0.15) is 5.60 Å². The lowest BCUT2D eigenvalue weighted by atomic mass is 9.94. The SMILES string of the molecule is CC1(Oc2c(F)cccc2Br)CCNCC1. The summed E-state index contributed by atoms with van der Waals surface area (Å²) in [6, 6.07) is 4.88. The Morgan fingerprint density at radius 1 is 1.38 bits per heavy atom. The van der Waals surface area contributed by atoms with E-state index in [0.29, 0.717) is 10.2 Å². The van der Waals surface area contributed by atoms with Crippen LogP contribution in [0.2, 0.25) is 0 Å². The highest BCUT2D eigenvalue weighted by Gasteiger charge is 2.30. The Bertz CT molecular complexity index is 357. The second kappa shape index (κ2) is 4.72. The maximum atomic E-state index is 13.6. The van der Waals surface area contributed by atoms with Crippen LogP contribution < -0.4 is 10.1 Å². The molecule has 0 aliphatic carbocycles. The molecule has 0 saturated carbocycles. The molecule has 16 heavy (non-hydrogen) atoms. The molecule has 2 nitrogen and oxygen atoms in total. The molecule has 0 spiro atoms. The summed E-state index contributed by atoms with van der Waals surface area (Å²) in [5.74, 6) is 0.0148. The molecule has 88 valence electrons. The summed E-state index contributed by atoms with van der Waals surface area (Å²) < 4.78 is 20.1. The van der Waals surface area contributed by atoms with Gasteiger partial charge in [-0.1, -0.05) is 6.07 Å². The molecule has 1 aliphatic rings. The molecular weight excluding hydrogens is 273 g/mol. The first-order chi connectivity index (χ1) is 7.61. The van der Waals surface area contributed by atoms with Crippen LogP contribution in [-0.4, -0.2) is 18.7 Å². The molecule has 0 unspecified atom stereocenters. The first-order valence-corrected chi connectivity index (χ1v) is 6.24. The molecule has 0 bridgehead atoms. The van der Waals surface area contributed by atoms with Crippen molar-refractivity contribution in [2.24, 2.45) is 0 Å². The van der Waals surface area contributed by atoms with E-state index in [1.54, 1.807) is 12.1 Å². The molecule has 0 radical (unpaired) electrons. The van der Waals surface area contributed by atoms with Gasteiger partial charge >= 0.3 is 0 Å². The van der Waals surface area contributed by atoms with Gasteiger partial charge < -0.3 is 10.1 Å². The minimum Gasteiger partial charge on any atom is -0.483 e. The molecule has 4 heteroatoms. The van der Waals surface area contributed by atoms with E-state index < -0.39 is 0 Å². The van der Waals surface area contributed by atoms with E-state index in [9.17, 15) is 4.39 Å². The summed E-state index contributed by atoms with van der Waals surface area (Å²) in [7, 11) is 0. The Hall–Kier alpha value is -0.610. The van der Waals surface area contributed by atoms with Crippen molar-refractivity contribution in [2.45, 2.75) is 25.4 Å². The van der Waals surface area contributed by atoms with E-state index in [2.05, 4.69) is 21.2 Å². The van der Waals surface area contributed by atoms with E-state index in [0.717, 1.165) is 25.9 Å². The monoisotopic (exact) mass is 287 g/mol. The number of benzene rings is 1. The van der Waals surface area contributed by atoms with Crippen LogP contribution in [0.5, 0.6) is 5.75 Å². The fourth-order valence-electron chi connectivity index (χ4n) is 1.88. The van der Waals surface area contributed by atoms with Crippen LogP contribution in [-0.2, 0) is 0 Å². The van der Waals surface area contributed by atoms with Gasteiger partial charge in [0.05, 0.1) is 4.47 Å². The minimum atomic E-state index is -0.311. The van der Waals surface area contributed by atoms with Crippen molar-refractivity contribution < 1.29 is 9.13 Å². The molecule has 1 aromatic carbocycles. The van der Waals surface area contributed by atoms with Crippen molar-refractivity contribution in [2.75, 3.05) is 13.1 Å². The molecule has 0 amide bonds. The fraction of sp³-hybridized carbons (Fsp3) is 0.500. The van der Waals surface area contributed by atoms with Gasteiger partial charge in [-0.05, 0) is 60.9 Å². The molecule has 0 aromatic heterocycles. The minimum absolute atomic E-state index is 0.268. The van der Waals surface area contributed by atoms with Gasteiger partial charge in [-0.15, -0.1) is 0 Å². The van der Waals surface area contributed by atoms with Crippen molar-refractivity contribution in [3.8, 4) is 5.75 Å². The van der Waals surface area contributed by atoms with Crippen LogP contribution in [0.3, 0.4) is 0 Å². The first kappa shape index (κ1) is 11.9. The highest BCUT2D eigenvalue weighted by atomic mass is 79.9. The Morgan fingerprint density at radius 3 is 2.69 bits per heavy atom. The maximum Gasteiger partial charge on any atom is 0.169 e. The molecule has 1 aromatic rings. The maximum absolute atomic E-state index is 13.6. The number of ether oxygens (including phenoxy) is 1. The summed E-state index contributed by atoms with van der Waals surface area (Å²) in [6.07, 6.45) is 1.79. The Labute approximate surface area is 103 Å². The summed E-state index contributed by atoms with van der Waals surface area (Å²) in [6.45, 7) is 3.87. The zero-order valence-corrected chi connectivity index (χ0v) is 10.8. The molecule has 1 fully saturated rings. The molecule has 1 heterocycles. The van der Waals surface area contributed by atoms with Gasteiger partial charge in [0.2, 0.25) is 0 Å². The van der Waals surface area contributed by atoms with Crippen LogP contribution in [0.4, 0.5) is 4.39 Å². The van der Waals surface area contributed by atoms with Gasteiger partial charge in [-0.2, -0.15) is 0 Å². The van der Waals surface area contributed by atoms with Crippen molar-refractivity contribution in [1.82, 2.24) is 5.32 Å².